The van der Waals surface area contributed by atoms with E-state index in [4.69, 9.17) is 18.1 Å². The number of benzene rings is 13. The van der Waals surface area contributed by atoms with Gasteiger partial charge in [0.15, 0.2) is 16.9 Å². The highest BCUT2D eigenvalue weighted by Gasteiger charge is 2.46. The molecular formula is C84H53BN6O2. The van der Waals surface area contributed by atoms with Gasteiger partial charge in [-0.2, -0.15) is 5.26 Å². The van der Waals surface area contributed by atoms with Crippen LogP contribution < -0.4 is 26.2 Å². The number of aromatic nitrogens is 2. The summed E-state index contributed by atoms with van der Waals surface area (Å²) in [7, 11) is 0. The summed E-state index contributed by atoms with van der Waals surface area (Å²) in [5, 5.41) is 11.6. The van der Waals surface area contributed by atoms with Crippen LogP contribution in [0.5, 0.6) is 0 Å². The average molecular weight is 1210 g/mol. The third-order valence-corrected chi connectivity index (χ3v) is 18.0. The standard InChI is InChI=1S/C84H53BN6O2/c1-84(2,3)53-44-75-79-76(45-53)91(81-58(52-21-9-6-10-22-52)36-38-64-62-26-14-18-30-78(62)93-83(64)81)74-48-56(89-70-28-16-12-24-60(70)66-46-54(87-4)32-42-72(66)89)34-40-68(74)85(79)67-39-33-55(88-69-27-15-11-23-59(69)65-43-50(49-86)31-41-71(65)88)47-73(67)90(75)80-57(51-19-7-5-8-20-51)35-37-63-61-25-13-17-29-77(61)92-82(63)80/h5-48H,1-3H3/i11D,12D,15D,16D,23D,24D,27D,28D,31D,32D,33D,34D,39D,40D,41D,42D,43D,46D,47D,48D. The van der Waals surface area contributed by atoms with E-state index in [1.165, 1.54) is 0 Å². The maximum atomic E-state index is 11.5. The quantitative estimate of drug-likeness (QED) is 0.123. The van der Waals surface area contributed by atoms with Crippen LogP contribution in [0.1, 0.15) is 59.3 Å². The fourth-order valence-electron chi connectivity index (χ4n) is 13.9. The van der Waals surface area contributed by atoms with Crippen LogP contribution in [0.25, 0.3) is 126 Å². The maximum absolute atomic E-state index is 11.5. The lowest BCUT2D eigenvalue weighted by atomic mass is 9.33. The molecule has 17 aromatic rings. The minimum Gasteiger partial charge on any atom is -0.454 e. The molecule has 0 spiro atoms. The maximum Gasteiger partial charge on any atom is 0.252 e. The monoisotopic (exact) mass is 1210 g/mol. The molecule has 0 saturated carbocycles. The first-order chi connectivity index (χ1) is 54.1. The fraction of sp³-hybridized carbons (Fsp3) is 0.0476. The zero-order valence-corrected chi connectivity index (χ0v) is 49.4. The Balaban J connectivity index is 1.08. The van der Waals surface area contributed by atoms with Crippen molar-refractivity contribution in [3.8, 4) is 39.7 Å². The molecule has 0 fully saturated rings. The highest BCUT2D eigenvalue weighted by Crippen LogP contribution is 2.55. The first-order valence-electron chi connectivity index (χ1n) is 40.0. The van der Waals surface area contributed by atoms with E-state index >= 15 is 0 Å². The molecule has 0 N–H and O–H groups in total. The van der Waals surface area contributed by atoms with Crippen LogP contribution in [0.3, 0.4) is 0 Å². The number of fused-ring (bicyclic) bond motifs is 16. The van der Waals surface area contributed by atoms with Crippen molar-refractivity contribution in [2.75, 3.05) is 9.80 Å². The van der Waals surface area contributed by atoms with E-state index in [1.807, 2.05) is 160 Å². The van der Waals surface area contributed by atoms with Gasteiger partial charge in [0.05, 0.1) is 76.3 Å². The summed E-state index contributed by atoms with van der Waals surface area (Å²) in [6.07, 6.45) is 0. The zero-order valence-electron chi connectivity index (χ0n) is 69.4. The molecule has 19 rings (SSSR count). The molecule has 0 saturated heterocycles. The molecule has 0 amide bonds. The molecule has 6 heterocycles. The molecule has 93 heavy (non-hydrogen) atoms. The van der Waals surface area contributed by atoms with Gasteiger partial charge >= 0.3 is 0 Å². The first-order valence-corrected chi connectivity index (χ1v) is 30.0. The fourth-order valence-corrected chi connectivity index (χ4v) is 13.9. The predicted molar refractivity (Wildman–Crippen MR) is 384 cm³/mol. The summed E-state index contributed by atoms with van der Waals surface area (Å²) >= 11 is 0. The van der Waals surface area contributed by atoms with Crippen LogP contribution in [0.2, 0.25) is 0 Å². The van der Waals surface area contributed by atoms with E-state index in [0.29, 0.717) is 60.5 Å². The predicted octanol–water partition coefficient (Wildman–Crippen LogP) is 20.8. The number of para-hydroxylation sites is 4. The summed E-state index contributed by atoms with van der Waals surface area (Å²) in [6.45, 7) is 12.4. The number of nitriles is 1. The van der Waals surface area contributed by atoms with Crippen LogP contribution in [-0.4, -0.2) is 15.8 Å². The Bertz CT molecular complexity index is 7000. The second kappa shape index (κ2) is 19.6. The number of anilines is 6. The zero-order chi connectivity index (χ0) is 79.4. The van der Waals surface area contributed by atoms with Gasteiger partial charge in [0, 0.05) is 85.7 Å². The molecule has 0 unspecified atom stereocenters. The van der Waals surface area contributed by atoms with Crippen molar-refractivity contribution in [2.45, 2.75) is 26.2 Å². The number of rotatable bonds is 6. The molecule has 9 heteroatoms. The van der Waals surface area contributed by atoms with E-state index in [1.54, 1.807) is 21.9 Å². The largest absolute Gasteiger partial charge is 0.454 e. The van der Waals surface area contributed by atoms with Gasteiger partial charge in [-0.3, -0.25) is 0 Å². The summed E-state index contributed by atoms with van der Waals surface area (Å²) in [5.41, 5.74) is -0.761. The van der Waals surface area contributed by atoms with E-state index in [9.17, 15) is 29.9 Å². The van der Waals surface area contributed by atoms with Crippen molar-refractivity contribution in [1.29, 1.82) is 5.26 Å². The number of hydrogen-bond donors (Lipinski definition) is 0. The SMILES string of the molecule is [2H]c1c([2H])c(-n2c3c([2H])c([2H])c([2H])c([2H])c3c3c([2H])c(C#N)c([2H])c([2H])c32)c([2H])c2c1B1c3c(cc(C(C)(C)C)cc3N(c3c(-c4ccccc4)ccc4c3oc3ccccc34)c3c([2H])c(-n4c5c([2H])c([2H])c([2H])c([2H])c5c5c([2H])c([N+]#[C-])c([2H])c([2H])c54)c([2H])c([2H])c31)N2c1c(-c2ccccc2)ccc2c1oc1ccccc12. The van der Waals surface area contributed by atoms with Crippen LogP contribution in [-0.2, 0) is 5.41 Å². The van der Waals surface area contributed by atoms with Gasteiger partial charge in [0.2, 0.25) is 0 Å². The van der Waals surface area contributed by atoms with Crippen LogP contribution in [0, 0.1) is 17.9 Å². The van der Waals surface area contributed by atoms with Crippen molar-refractivity contribution in [1.82, 2.24) is 9.13 Å². The molecule has 8 nitrogen and oxygen atoms in total. The van der Waals surface area contributed by atoms with Crippen molar-refractivity contribution in [3.05, 3.63) is 289 Å². The average Bonchev–Trinajstić information content (AvgIpc) is 1.56. The molecule has 0 atom stereocenters. The van der Waals surface area contributed by atoms with Gasteiger partial charge in [-0.05, 0) is 147 Å². The Morgan fingerprint density at radius 1 is 0.462 bits per heavy atom. The molecular weight excluding hydrogens is 1140 g/mol. The third kappa shape index (κ3) is 7.60. The van der Waals surface area contributed by atoms with Crippen molar-refractivity contribution in [2.24, 2.45) is 0 Å². The second-order valence-electron chi connectivity index (χ2n) is 24.1. The summed E-state index contributed by atoms with van der Waals surface area (Å²) in [5.74, 6) is 0. The van der Waals surface area contributed by atoms with Crippen LogP contribution in [0.15, 0.2) is 275 Å². The van der Waals surface area contributed by atoms with E-state index in [-0.39, 0.29) is 83.2 Å². The Labute approximate surface area is 563 Å². The van der Waals surface area contributed by atoms with Crippen LogP contribution in [0.4, 0.5) is 39.8 Å². The molecule has 4 aromatic heterocycles. The lowest BCUT2D eigenvalue weighted by Crippen LogP contribution is -2.61. The third-order valence-electron chi connectivity index (χ3n) is 18.0. The lowest BCUT2D eigenvalue weighted by Gasteiger charge is -2.45. The van der Waals surface area contributed by atoms with E-state index < -0.39 is 178 Å². The summed E-state index contributed by atoms with van der Waals surface area (Å²) in [6, 6.07) is 31.6. The molecule has 0 radical (unpaired) electrons. The smallest absolute Gasteiger partial charge is 0.252 e. The van der Waals surface area contributed by atoms with E-state index in [0.717, 1.165) is 9.13 Å². The van der Waals surface area contributed by atoms with Gasteiger partial charge < -0.3 is 27.8 Å². The highest BCUT2D eigenvalue weighted by atomic mass is 16.3. The Morgan fingerprint density at radius 2 is 0.935 bits per heavy atom. The molecule has 2 aliphatic heterocycles. The van der Waals surface area contributed by atoms with Gasteiger partial charge in [-0.15, -0.1) is 0 Å². The normalized spacial score (nSPS) is 15.8. The molecule has 2 aliphatic rings. The number of nitrogens with zero attached hydrogens (tertiary/aromatic N) is 6. The minimum absolute atomic E-state index is 0.216. The topological polar surface area (TPSA) is 70.8 Å². The molecule has 13 aromatic carbocycles. The van der Waals surface area contributed by atoms with Crippen molar-refractivity contribution in [3.63, 3.8) is 0 Å². The summed E-state index contributed by atoms with van der Waals surface area (Å²) in [4.78, 5) is 6.97. The summed E-state index contributed by atoms with van der Waals surface area (Å²) < 4.78 is 216. The Hall–Kier alpha value is -12.3. The minimum atomic E-state index is -1.68. The van der Waals surface area contributed by atoms with Gasteiger partial charge in [-0.1, -0.05) is 184 Å². The Kier molecular flexibility index (Phi) is 7.67. The van der Waals surface area contributed by atoms with Gasteiger partial charge in [0.25, 0.3) is 6.71 Å². The molecule has 0 aliphatic carbocycles. The van der Waals surface area contributed by atoms with Gasteiger partial charge in [0.1, 0.15) is 11.2 Å². The van der Waals surface area contributed by atoms with E-state index in [2.05, 4.69) is 4.85 Å². The van der Waals surface area contributed by atoms with Crippen LogP contribution >= 0.6 is 0 Å². The second-order valence-corrected chi connectivity index (χ2v) is 24.1. The number of hydrogen-bond acceptors (Lipinski definition) is 5. The molecule has 434 valence electrons. The molecule has 0 bridgehead atoms. The van der Waals surface area contributed by atoms with Gasteiger partial charge in [-0.25, -0.2) is 4.85 Å². The van der Waals surface area contributed by atoms with Crippen molar-refractivity contribution >= 4 is 150 Å². The highest BCUT2D eigenvalue weighted by molar-refractivity contribution is 7.00. The first kappa shape index (κ1) is 36.4. The Morgan fingerprint density at radius 3 is 1.44 bits per heavy atom. The van der Waals surface area contributed by atoms with Crippen molar-refractivity contribution < 1.29 is 36.2 Å². The lowest BCUT2D eigenvalue weighted by molar-refractivity contribution is 0.590. The number of furan rings is 2.